The molecule has 0 saturated heterocycles. The van der Waals surface area contributed by atoms with E-state index >= 15 is 0 Å². The van der Waals surface area contributed by atoms with Crippen molar-refractivity contribution in [3.63, 3.8) is 0 Å². The lowest BCUT2D eigenvalue weighted by atomic mass is 10.00. The van der Waals surface area contributed by atoms with Crippen molar-refractivity contribution in [1.29, 1.82) is 0 Å². The molecule has 5 nitrogen and oxygen atoms in total. The molecule has 2 aromatic rings. The number of carbonyl (C=O) groups excluding carboxylic acids is 2. The standard InChI is InChI=1S/C19H17BrN2O3S/c20-12-2-3-16-13(10-12)14(5-7-25-16)22-19(24)11-1-4-17-15(9-11)21-18(23)6-8-26-17/h1-4,9-10,14H,5-8H2,(H,21,23)(H,22,24). The first-order chi connectivity index (χ1) is 12.6. The second-order valence-corrected chi connectivity index (χ2v) is 8.26. The second-order valence-electron chi connectivity index (χ2n) is 6.20. The molecule has 0 bridgehead atoms. The van der Waals surface area contributed by atoms with E-state index in [0.29, 0.717) is 30.7 Å². The van der Waals surface area contributed by atoms with Crippen molar-refractivity contribution in [1.82, 2.24) is 5.32 Å². The summed E-state index contributed by atoms with van der Waals surface area (Å²) < 4.78 is 6.62. The van der Waals surface area contributed by atoms with E-state index in [-0.39, 0.29) is 17.9 Å². The van der Waals surface area contributed by atoms with Crippen molar-refractivity contribution in [3.05, 3.63) is 52.0 Å². The van der Waals surface area contributed by atoms with E-state index in [9.17, 15) is 9.59 Å². The van der Waals surface area contributed by atoms with Gasteiger partial charge in [-0.05, 0) is 36.4 Å². The monoisotopic (exact) mass is 432 g/mol. The van der Waals surface area contributed by atoms with Crippen LogP contribution < -0.4 is 15.4 Å². The Bertz CT molecular complexity index is 887. The molecule has 2 aromatic carbocycles. The molecular formula is C19H17BrN2O3S. The Morgan fingerprint density at radius 2 is 2.15 bits per heavy atom. The molecule has 0 fully saturated rings. The first-order valence-electron chi connectivity index (χ1n) is 8.40. The highest BCUT2D eigenvalue weighted by atomic mass is 79.9. The quantitative estimate of drug-likeness (QED) is 0.748. The number of hydrogen-bond donors (Lipinski definition) is 2. The maximum Gasteiger partial charge on any atom is 0.251 e. The van der Waals surface area contributed by atoms with E-state index in [4.69, 9.17) is 4.74 Å². The van der Waals surface area contributed by atoms with E-state index in [1.807, 2.05) is 24.3 Å². The third-order valence-electron chi connectivity index (χ3n) is 4.42. The van der Waals surface area contributed by atoms with Crippen LogP contribution in [0.3, 0.4) is 0 Å². The van der Waals surface area contributed by atoms with E-state index in [2.05, 4.69) is 26.6 Å². The third-order valence-corrected chi connectivity index (χ3v) is 5.99. The molecule has 2 heterocycles. The lowest BCUT2D eigenvalue weighted by Crippen LogP contribution is -2.32. The van der Waals surface area contributed by atoms with Crippen LogP contribution in [0.2, 0.25) is 0 Å². The molecule has 2 amide bonds. The molecule has 4 rings (SSSR count). The fourth-order valence-electron chi connectivity index (χ4n) is 3.12. The number of thioether (sulfide) groups is 1. The van der Waals surface area contributed by atoms with Crippen molar-refractivity contribution in [2.45, 2.75) is 23.8 Å². The molecule has 1 unspecified atom stereocenters. The summed E-state index contributed by atoms with van der Waals surface area (Å²) in [6.07, 6.45) is 1.20. The highest BCUT2D eigenvalue weighted by Crippen LogP contribution is 2.35. The molecule has 26 heavy (non-hydrogen) atoms. The Morgan fingerprint density at radius 3 is 3.04 bits per heavy atom. The highest BCUT2D eigenvalue weighted by Gasteiger charge is 2.24. The summed E-state index contributed by atoms with van der Waals surface area (Å²) >= 11 is 5.10. The third kappa shape index (κ3) is 3.59. The number of ether oxygens (including phenoxy) is 1. The van der Waals surface area contributed by atoms with E-state index < -0.39 is 0 Å². The number of halogens is 1. The van der Waals surface area contributed by atoms with Crippen molar-refractivity contribution < 1.29 is 14.3 Å². The van der Waals surface area contributed by atoms with Gasteiger partial charge in [0.05, 0.1) is 18.3 Å². The smallest absolute Gasteiger partial charge is 0.251 e. The summed E-state index contributed by atoms with van der Waals surface area (Å²) in [6.45, 7) is 0.566. The first kappa shape index (κ1) is 17.4. The zero-order valence-electron chi connectivity index (χ0n) is 13.9. The van der Waals surface area contributed by atoms with E-state index in [1.165, 1.54) is 0 Å². The van der Waals surface area contributed by atoms with Gasteiger partial charge in [0.25, 0.3) is 5.91 Å². The normalized spacial score (nSPS) is 18.7. The summed E-state index contributed by atoms with van der Waals surface area (Å²) in [6, 6.07) is 11.2. The minimum Gasteiger partial charge on any atom is -0.493 e. The maximum absolute atomic E-state index is 12.8. The average molecular weight is 433 g/mol. The Kier molecular flexibility index (Phi) is 4.91. The lowest BCUT2D eigenvalue weighted by Gasteiger charge is -2.27. The van der Waals surface area contributed by atoms with Gasteiger partial charge in [-0.2, -0.15) is 0 Å². The van der Waals surface area contributed by atoms with Gasteiger partial charge in [-0.1, -0.05) is 15.9 Å². The van der Waals surface area contributed by atoms with Crippen LogP contribution in [0.1, 0.15) is 34.8 Å². The first-order valence-corrected chi connectivity index (χ1v) is 10.2. The van der Waals surface area contributed by atoms with Crippen molar-refractivity contribution >= 4 is 45.2 Å². The van der Waals surface area contributed by atoms with Gasteiger partial charge in [-0.25, -0.2) is 0 Å². The second kappa shape index (κ2) is 7.32. The van der Waals surface area contributed by atoms with E-state index in [1.54, 1.807) is 23.9 Å². The minimum atomic E-state index is -0.158. The number of hydrogen-bond acceptors (Lipinski definition) is 4. The van der Waals surface area contributed by atoms with Gasteiger partial charge in [-0.15, -0.1) is 11.8 Å². The van der Waals surface area contributed by atoms with Crippen LogP contribution in [0.25, 0.3) is 0 Å². The van der Waals surface area contributed by atoms with Crippen molar-refractivity contribution in [2.75, 3.05) is 17.7 Å². The lowest BCUT2D eigenvalue weighted by molar-refractivity contribution is -0.115. The number of nitrogens with one attached hydrogen (secondary N) is 2. The van der Waals surface area contributed by atoms with Gasteiger partial charge in [0.2, 0.25) is 5.91 Å². The van der Waals surface area contributed by atoms with Gasteiger partial charge < -0.3 is 15.4 Å². The Hall–Kier alpha value is -1.99. The van der Waals surface area contributed by atoms with Crippen LogP contribution in [0.5, 0.6) is 5.75 Å². The summed E-state index contributed by atoms with van der Waals surface area (Å²) in [7, 11) is 0. The van der Waals surface area contributed by atoms with Gasteiger partial charge in [0, 0.05) is 39.1 Å². The molecule has 7 heteroatoms. The molecule has 134 valence electrons. The molecule has 1 atom stereocenters. The number of fused-ring (bicyclic) bond motifs is 2. The number of amides is 2. The SMILES string of the molecule is O=C1CCSc2ccc(C(=O)NC3CCOc4ccc(Br)cc43)cc2N1. The molecule has 0 aliphatic carbocycles. The average Bonchev–Trinajstić information content (AvgIpc) is 2.82. The number of rotatable bonds is 2. The largest absolute Gasteiger partial charge is 0.493 e. The van der Waals surface area contributed by atoms with Gasteiger partial charge in [0.1, 0.15) is 5.75 Å². The summed E-state index contributed by atoms with van der Waals surface area (Å²) in [5.41, 5.74) is 2.22. The summed E-state index contributed by atoms with van der Waals surface area (Å²) in [5, 5.41) is 5.97. The summed E-state index contributed by atoms with van der Waals surface area (Å²) in [4.78, 5) is 25.5. The minimum absolute atomic E-state index is 0.0167. The molecule has 2 aliphatic rings. The zero-order chi connectivity index (χ0) is 18.1. The number of carbonyl (C=O) groups is 2. The highest BCUT2D eigenvalue weighted by molar-refractivity contribution is 9.10. The predicted molar refractivity (Wildman–Crippen MR) is 105 cm³/mol. The van der Waals surface area contributed by atoms with Crippen LogP contribution in [-0.2, 0) is 4.79 Å². The van der Waals surface area contributed by atoms with Crippen LogP contribution in [0, 0.1) is 0 Å². The predicted octanol–water partition coefficient (Wildman–Crippen LogP) is 4.14. The fourth-order valence-corrected chi connectivity index (χ4v) is 4.43. The van der Waals surface area contributed by atoms with Crippen LogP contribution >= 0.6 is 27.7 Å². The topological polar surface area (TPSA) is 67.4 Å². The Balaban J connectivity index is 1.56. The molecule has 0 spiro atoms. The number of benzene rings is 2. The molecule has 0 saturated carbocycles. The zero-order valence-corrected chi connectivity index (χ0v) is 16.3. The van der Waals surface area contributed by atoms with Gasteiger partial charge in [0.15, 0.2) is 0 Å². The number of anilines is 1. The van der Waals surface area contributed by atoms with Crippen LogP contribution in [0.4, 0.5) is 5.69 Å². The molecule has 2 N–H and O–H groups in total. The van der Waals surface area contributed by atoms with Crippen LogP contribution in [-0.4, -0.2) is 24.2 Å². The van der Waals surface area contributed by atoms with Crippen molar-refractivity contribution in [2.24, 2.45) is 0 Å². The Labute approximate surface area is 164 Å². The Morgan fingerprint density at radius 1 is 1.27 bits per heavy atom. The molecule has 0 aromatic heterocycles. The maximum atomic E-state index is 12.8. The molecule has 2 aliphatic heterocycles. The van der Waals surface area contributed by atoms with Crippen molar-refractivity contribution in [3.8, 4) is 5.75 Å². The van der Waals surface area contributed by atoms with Crippen LogP contribution in [0.15, 0.2) is 45.8 Å². The van der Waals surface area contributed by atoms with Gasteiger partial charge in [-0.3, -0.25) is 9.59 Å². The molecular weight excluding hydrogens is 416 g/mol. The van der Waals surface area contributed by atoms with E-state index in [0.717, 1.165) is 26.4 Å². The van der Waals surface area contributed by atoms with Gasteiger partial charge >= 0.3 is 0 Å². The fraction of sp³-hybridized carbons (Fsp3) is 0.263. The molecule has 0 radical (unpaired) electrons. The summed E-state index contributed by atoms with van der Waals surface area (Å²) in [5.74, 6) is 1.37.